The number of methoxy groups -OCH3 is 1. The molecule has 0 aliphatic heterocycles. The van der Waals surface area contributed by atoms with Crippen LogP contribution >= 0.6 is 0 Å². The van der Waals surface area contributed by atoms with Crippen molar-refractivity contribution in [2.24, 2.45) is 0 Å². The van der Waals surface area contributed by atoms with Crippen molar-refractivity contribution in [2.45, 2.75) is 18.8 Å². The number of nitrogens with zero attached hydrogens (tertiary/aromatic N) is 3. The average molecular weight is 310 g/mol. The summed E-state index contributed by atoms with van der Waals surface area (Å²) in [6.07, 6.45) is 2.10. The summed E-state index contributed by atoms with van der Waals surface area (Å²) in [5, 5.41) is 3.96. The molecular weight excluding hydrogens is 296 g/mol. The molecule has 0 radical (unpaired) electrons. The summed E-state index contributed by atoms with van der Waals surface area (Å²) < 4.78 is 10.4. The van der Waals surface area contributed by atoms with Gasteiger partial charge in [-0.25, -0.2) is 4.98 Å². The molecule has 1 fully saturated rings. The Balaban J connectivity index is 1.68. The molecule has 4 rings (SSSR count). The maximum absolute atomic E-state index is 11.8. The van der Waals surface area contributed by atoms with E-state index in [0.29, 0.717) is 23.3 Å². The first-order valence-electron chi connectivity index (χ1n) is 7.33. The lowest BCUT2D eigenvalue weighted by molar-refractivity contribution is 0.414. The molecule has 0 amide bonds. The zero-order valence-electron chi connectivity index (χ0n) is 12.4. The van der Waals surface area contributed by atoms with Gasteiger partial charge in [0.25, 0.3) is 11.4 Å². The Labute approximate surface area is 131 Å². The minimum absolute atomic E-state index is 0.207. The fraction of sp³-hybridized carbons (Fsp3) is 0.250. The zero-order valence-corrected chi connectivity index (χ0v) is 12.4. The predicted molar refractivity (Wildman–Crippen MR) is 82.1 cm³/mol. The van der Waals surface area contributed by atoms with Crippen LogP contribution in [0.5, 0.6) is 5.75 Å². The standard InChI is InChI=1S/C16H14N4O3/c1-22-11-6-4-10(5-7-11)15-19-16(23-20-15)12-8-13(21)18-14(17-12)9-2-3-9/h4-9H,2-3H2,1H3,(H,17,18,21). The molecule has 2 heterocycles. The molecule has 7 nitrogen and oxygen atoms in total. The van der Waals surface area contributed by atoms with Crippen LogP contribution in [0.2, 0.25) is 0 Å². The van der Waals surface area contributed by atoms with E-state index >= 15 is 0 Å². The summed E-state index contributed by atoms with van der Waals surface area (Å²) in [4.78, 5) is 23.3. The summed E-state index contributed by atoms with van der Waals surface area (Å²) in [7, 11) is 1.61. The number of aromatic amines is 1. The van der Waals surface area contributed by atoms with Crippen molar-refractivity contribution in [3.63, 3.8) is 0 Å². The van der Waals surface area contributed by atoms with Gasteiger partial charge in [-0.2, -0.15) is 4.98 Å². The smallest absolute Gasteiger partial charge is 0.277 e. The molecule has 23 heavy (non-hydrogen) atoms. The van der Waals surface area contributed by atoms with E-state index in [1.54, 1.807) is 7.11 Å². The molecule has 0 bridgehead atoms. The molecule has 3 aromatic rings. The first-order chi connectivity index (χ1) is 11.2. The highest BCUT2D eigenvalue weighted by Crippen LogP contribution is 2.38. The fourth-order valence-electron chi connectivity index (χ4n) is 2.32. The maximum Gasteiger partial charge on any atom is 0.277 e. The summed E-state index contributed by atoms with van der Waals surface area (Å²) in [5.41, 5.74) is 0.997. The van der Waals surface area contributed by atoms with E-state index in [9.17, 15) is 4.79 Å². The zero-order chi connectivity index (χ0) is 15.8. The van der Waals surface area contributed by atoms with Crippen molar-refractivity contribution in [3.05, 3.63) is 46.5 Å². The number of aromatic nitrogens is 4. The van der Waals surface area contributed by atoms with Gasteiger partial charge in [-0.3, -0.25) is 4.79 Å². The largest absolute Gasteiger partial charge is 0.497 e. The number of hydrogen-bond acceptors (Lipinski definition) is 6. The van der Waals surface area contributed by atoms with Crippen LogP contribution in [-0.2, 0) is 0 Å². The molecular formula is C16H14N4O3. The van der Waals surface area contributed by atoms with Crippen molar-refractivity contribution >= 4 is 0 Å². The predicted octanol–water partition coefficient (Wildman–Crippen LogP) is 2.37. The monoisotopic (exact) mass is 310 g/mol. The third kappa shape index (κ3) is 2.73. The van der Waals surface area contributed by atoms with Crippen LogP contribution in [0.25, 0.3) is 23.0 Å². The second kappa shape index (κ2) is 5.35. The molecule has 2 aromatic heterocycles. The summed E-state index contributed by atoms with van der Waals surface area (Å²) in [6, 6.07) is 8.70. The topological polar surface area (TPSA) is 93.9 Å². The minimum Gasteiger partial charge on any atom is -0.497 e. The highest BCUT2D eigenvalue weighted by Gasteiger charge is 2.27. The Hall–Kier alpha value is -2.96. The molecule has 1 aliphatic rings. The molecule has 7 heteroatoms. The third-order valence-corrected chi connectivity index (χ3v) is 3.72. The van der Waals surface area contributed by atoms with Crippen molar-refractivity contribution < 1.29 is 9.26 Å². The summed E-state index contributed by atoms with van der Waals surface area (Å²) in [5.74, 6) is 2.47. The summed E-state index contributed by atoms with van der Waals surface area (Å²) >= 11 is 0. The van der Waals surface area contributed by atoms with Crippen LogP contribution in [0.4, 0.5) is 0 Å². The van der Waals surface area contributed by atoms with E-state index in [0.717, 1.165) is 24.2 Å². The van der Waals surface area contributed by atoms with Gasteiger partial charge in [-0.1, -0.05) is 5.16 Å². The van der Waals surface area contributed by atoms with Crippen molar-refractivity contribution in [3.8, 4) is 28.7 Å². The van der Waals surface area contributed by atoms with Crippen LogP contribution < -0.4 is 10.3 Å². The van der Waals surface area contributed by atoms with Gasteiger partial charge in [0.05, 0.1) is 7.11 Å². The number of hydrogen-bond donors (Lipinski definition) is 1. The molecule has 1 saturated carbocycles. The normalized spacial score (nSPS) is 14.0. The minimum atomic E-state index is -0.207. The van der Waals surface area contributed by atoms with Gasteiger partial charge < -0.3 is 14.2 Å². The third-order valence-electron chi connectivity index (χ3n) is 3.72. The molecule has 1 aliphatic carbocycles. The molecule has 0 saturated heterocycles. The molecule has 0 unspecified atom stereocenters. The van der Waals surface area contributed by atoms with Crippen LogP contribution in [-0.4, -0.2) is 27.2 Å². The second-order valence-electron chi connectivity index (χ2n) is 5.44. The van der Waals surface area contributed by atoms with E-state index in [2.05, 4.69) is 20.1 Å². The fourth-order valence-corrected chi connectivity index (χ4v) is 2.32. The summed E-state index contributed by atoms with van der Waals surface area (Å²) in [6.45, 7) is 0. The Morgan fingerprint density at radius 3 is 2.70 bits per heavy atom. The van der Waals surface area contributed by atoms with Crippen molar-refractivity contribution in [1.29, 1.82) is 0 Å². The lowest BCUT2D eigenvalue weighted by atomic mass is 10.2. The second-order valence-corrected chi connectivity index (χ2v) is 5.44. The number of nitrogens with one attached hydrogen (secondary N) is 1. The molecule has 116 valence electrons. The Morgan fingerprint density at radius 1 is 1.22 bits per heavy atom. The average Bonchev–Trinajstić information content (AvgIpc) is 3.31. The number of rotatable bonds is 4. The maximum atomic E-state index is 11.8. The molecule has 0 spiro atoms. The van der Waals surface area contributed by atoms with Gasteiger partial charge in [0, 0.05) is 17.5 Å². The molecule has 1 N–H and O–H groups in total. The SMILES string of the molecule is COc1ccc(-c2noc(-c3cc(=O)[nH]c(C4CC4)n3)n2)cc1. The van der Waals surface area contributed by atoms with E-state index in [1.165, 1.54) is 6.07 Å². The quantitative estimate of drug-likeness (QED) is 0.795. The first kappa shape index (κ1) is 13.7. The van der Waals surface area contributed by atoms with Gasteiger partial charge in [0.15, 0.2) is 0 Å². The number of ether oxygens (including phenoxy) is 1. The number of H-pyrrole nitrogens is 1. The van der Waals surface area contributed by atoms with Crippen LogP contribution in [0.1, 0.15) is 24.6 Å². The van der Waals surface area contributed by atoms with Gasteiger partial charge in [0.1, 0.15) is 17.3 Å². The van der Waals surface area contributed by atoms with E-state index in [-0.39, 0.29) is 11.4 Å². The Kier molecular flexibility index (Phi) is 3.18. The van der Waals surface area contributed by atoms with E-state index < -0.39 is 0 Å². The number of benzene rings is 1. The molecule has 0 atom stereocenters. The van der Waals surface area contributed by atoms with Gasteiger partial charge in [-0.15, -0.1) is 0 Å². The lowest BCUT2D eigenvalue weighted by Gasteiger charge is -1.99. The lowest BCUT2D eigenvalue weighted by Crippen LogP contribution is -2.10. The van der Waals surface area contributed by atoms with Crippen LogP contribution in [0.3, 0.4) is 0 Å². The van der Waals surface area contributed by atoms with E-state index in [4.69, 9.17) is 9.26 Å². The molecule has 1 aromatic carbocycles. The van der Waals surface area contributed by atoms with E-state index in [1.807, 2.05) is 24.3 Å². The first-order valence-corrected chi connectivity index (χ1v) is 7.33. The Morgan fingerprint density at radius 2 is 2.00 bits per heavy atom. The van der Waals surface area contributed by atoms with Gasteiger partial charge >= 0.3 is 0 Å². The highest BCUT2D eigenvalue weighted by atomic mass is 16.5. The Bertz CT molecular complexity index is 894. The van der Waals surface area contributed by atoms with Crippen molar-refractivity contribution in [1.82, 2.24) is 20.1 Å². The highest BCUT2D eigenvalue weighted by molar-refractivity contribution is 5.58. The van der Waals surface area contributed by atoms with Gasteiger partial charge in [-0.05, 0) is 37.1 Å². The van der Waals surface area contributed by atoms with Crippen LogP contribution in [0, 0.1) is 0 Å². The van der Waals surface area contributed by atoms with Crippen molar-refractivity contribution in [2.75, 3.05) is 7.11 Å². The van der Waals surface area contributed by atoms with Gasteiger partial charge in [0.2, 0.25) is 5.82 Å². The van der Waals surface area contributed by atoms with Crippen LogP contribution in [0.15, 0.2) is 39.6 Å².